The summed E-state index contributed by atoms with van der Waals surface area (Å²) in [5.74, 6) is -0.442. The van der Waals surface area contributed by atoms with Crippen molar-refractivity contribution in [2.75, 3.05) is 27.2 Å². The van der Waals surface area contributed by atoms with Crippen molar-refractivity contribution in [3.8, 4) is 11.1 Å². The summed E-state index contributed by atoms with van der Waals surface area (Å²) in [6, 6.07) is 7.28. The second-order valence-electron chi connectivity index (χ2n) is 12.8. The van der Waals surface area contributed by atoms with Gasteiger partial charge in [0.25, 0.3) is 11.5 Å². The molecule has 2 aliphatic rings. The van der Waals surface area contributed by atoms with E-state index in [0.29, 0.717) is 12.5 Å². The zero-order chi connectivity index (χ0) is 29.4. The topological polar surface area (TPSA) is 82.9 Å². The predicted octanol–water partition coefficient (Wildman–Crippen LogP) is 4.95. The molecule has 7 nitrogen and oxygen atoms in total. The van der Waals surface area contributed by atoms with Crippen LogP contribution >= 0.6 is 0 Å². The van der Waals surface area contributed by atoms with Crippen molar-refractivity contribution < 1.29 is 19.1 Å². The minimum Gasteiger partial charge on any atom is -0.383 e. The van der Waals surface area contributed by atoms with Crippen LogP contribution in [0.5, 0.6) is 0 Å². The maximum atomic E-state index is 15.0. The van der Waals surface area contributed by atoms with Crippen LogP contribution in [0.15, 0.2) is 35.1 Å². The van der Waals surface area contributed by atoms with E-state index in [2.05, 4.69) is 0 Å². The molecular formula is C32H44FN3O4. The molecule has 218 valence electrons. The summed E-state index contributed by atoms with van der Waals surface area (Å²) < 4.78 is 16.3. The number of rotatable bonds is 6. The van der Waals surface area contributed by atoms with E-state index < -0.39 is 28.3 Å². The highest BCUT2D eigenvalue weighted by Crippen LogP contribution is 2.48. The van der Waals surface area contributed by atoms with E-state index in [1.54, 1.807) is 26.2 Å². The van der Waals surface area contributed by atoms with Crippen LogP contribution in [-0.4, -0.2) is 58.5 Å². The number of halogens is 1. The first kappa shape index (κ1) is 30.0. The number of benzene rings is 1. The summed E-state index contributed by atoms with van der Waals surface area (Å²) in [5, 5.41) is 12.5. The molecule has 0 radical (unpaired) electrons. The average Bonchev–Trinajstić information content (AvgIpc) is 2.91. The molecule has 4 rings (SSSR count). The lowest BCUT2D eigenvalue weighted by Crippen LogP contribution is -2.59. The van der Waals surface area contributed by atoms with Crippen LogP contribution in [0.1, 0.15) is 81.8 Å². The minimum atomic E-state index is -1.63. The third-order valence-electron chi connectivity index (χ3n) is 9.21. The van der Waals surface area contributed by atoms with E-state index in [1.807, 2.05) is 25.7 Å². The van der Waals surface area contributed by atoms with Crippen molar-refractivity contribution in [2.24, 2.45) is 24.3 Å². The van der Waals surface area contributed by atoms with Gasteiger partial charge in [-0.1, -0.05) is 71.1 Å². The van der Waals surface area contributed by atoms with Gasteiger partial charge >= 0.3 is 0 Å². The second-order valence-corrected chi connectivity index (χ2v) is 12.8. The molecule has 1 aromatic heterocycles. The Morgan fingerprint density at radius 2 is 1.77 bits per heavy atom. The molecule has 2 amide bonds. The summed E-state index contributed by atoms with van der Waals surface area (Å²) in [6.45, 7) is 6.29. The zero-order valence-electron chi connectivity index (χ0n) is 24.8. The van der Waals surface area contributed by atoms with Gasteiger partial charge in [-0.25, -0.2) is 4.39 Å². The molecule has 0 bridgehead atoms. The Kier molecular flexibility index (Phi) is 8.60. The molecule has 1 aliphatic heterocycles. The fourth-order valence-corrected chi connectivity index (χ4v) is 6.80. The smallest absolute Gasteiger partial charge is 0.255 e. The quantitative estimate of drug-likeness (QED) is 0.549. The SMILES string of the molecule is C[C@H](CC1CCCCC1)C(=O)N1CC[C@@](O)(c2c(C(=O)N(C)C)c(-c3ccccc3F)cc(=O)n2C)C(C)(C)C1. The molecule has 2 atom stereocenters. The van der Waals surface area contributed by atoms with Crippen LogP contribution in [0.2, 0.25) is 0 Å². The highest BCUT2D eigenvalue weighted by Gasteiger charge is 2.53. The van der Waals surface area contributed by atoms with E-state index in [9.17, 15) is 19.5 Å². The third kappa shape index (κ3) is 5.47. The fraction of sp³-hybridized carbons (Fsp3) is 0.594. The molecule has 1 aromatic carbocycles. The number of carbonyl (C=O) groups excluding carboxylic acids is 2. The van der Waals surface area contributed by atoms with Crippen molar-refractivity contribution in [2.45, 2.75) is 71.3 Å². The van der Waals surface area contributed by atoms with Crippen molar-refractivity contribution in [1.82, 2.24) is 14.4 Å². The Labute approximate surface area is 237 Å². The highest BCUT2D eigenvalue weighted by atomic mass is 19.1. The fourth-order valence-electron chi connectivity index (χ4n) is 6.80. The summed E-state index contributed by atoms with van der Waals surface area (Å²) in [7, 11) is 4.71. The standard InChI is InChI=1S/C32H44FN3O4/c1-21(18-22-12-8-7-9-13-22)29(38)36-17-16-32(40,31(2,3)20-36)28-27(30(39)34(4)5)24(19-26(37)35(28)6)23-14-10-11-15-25(23)33/h10-11,14-15,19,21-22,40H,7-9,12-13,16-18,20H2,1-6H3/t21-,32-/m1/s1. The Bertz CT molecular complexity index is 1330. The average molecular weight is 554 g/mol. The molecule has 1 aliphatic carbocycles. The highest BCUT2D eigenvalue weighted by molar-refractivity contribution is 6.02. The Hall–Kier alpha value is -3.00. The lowest BCUT2D eigenvalue weighted by atomic mass is 9.66. The molecule has 1 N–H and O–H groups in total. The van der Waals surface area contributed by atoms with Gasteiger partial charge in [-0.15, -0.1) is 0 Å². The molecular weight excluding hydrogens is 509 g/mol. The summed E-state index contributed by atoms with van der Waals surface area (Å²) in [4.78, 5) is 43.7. The molecule has 1 saturated carbocycles. The van der Waals surface area contributed by atoms with Crippen LogP contribution in [-0.2, 0) is 17.4 Å². The number of amides is 2. The van der Waals surface area contributed by atoms with Gasteiger partial charge in [0.2, 0.25) is 5.91 Å². The predicted molar refractivity (Wildman–Crippen MR) is 154 cm³/mol. The van der Waals surface area contributed by atoms with Crippen molar-refractivity contribution in [1.29, 1.82) is 0 Å². The zero-order valence-corrected chi connectivity index (χ0v) is 24.8. The number of piperidine rings is 1. The number of pyridine rings is 1. The summed E-state index contributed by atoms with van der Waals surface area (Å²) >= 11 is 0. The van der Waals surface area contributed by atoms with E-state index in [-0.39, 0.29) is 47.2 Å². The molecule has 2 aromatic rings. The number of carbonyl (C=O) groups is 2. The molecule has 2 fully saturated rings. The lowest BCUT2D eigenvalue weighted by molar-refractivity contribution is -0.158. The van der Waals surface area contributed by atoms with E-state index in [4.69, 9.17) is 0 Å². The van der Waals surface area contributed by atoms with Gasteiger partial charge in [0.05, 0.1) is 11.3 Å². The number of aliphatic hydroxyl groups is 1. The van der Waals surface area contributed by atoms with Crippen LogP contribution < -0.4 is 5.56 Å². The van der Waals surface area contributed by atoms with E-state index in [0.717, 1.165) is 6.42 Å². The van der Waals surface area contributed by atoms with Gasteiger partial charge in [-0.2, -0.15) is 0 Å². The van der Waals surface area contributed by atoms with Gasteiger partial charge in [-0.3, -0.25) is 14.4 Å². The number of hydrogen-bond acceptors (Lipinski definition) is 4. The van der Waals surface area contributed by atoms with Crippen LogP contribution in [0, 0.1) is 23.1 Å². The van der Waals surface area contributed by atoms with Gasteiger partial charge in [0.1, 0.15) is 11.4 Å². The van der Waals surface area contributed by atoms with E-state index >= 15 is 4.39 Å². The first-order chi connectivity index (χ1) is 18.8. The molecule has 2 heterocycles. The Balaban J connectivity index is 1.76. The van der Waals surface area contributed by atoms with Gasteiger partial charge in [0, 0.05) is 62.8 Å². The maximum Gasteiger partial charge on any atom is 0.255 e. The molecule has 0 spiro atoms. The lowest BCUT2D eigenvalue weighted by Gasteiger charge is -2.51. The number of likely N-dealkylation sites (tertiary alicyclic amines) is 1. The van der Waals surface area contributed by atoms with Gasteiger partial charge in [-0.05, 0) is 24.8 Å². The molecule has 1 saturated heterocycles. The Morgan fingerprint density at radius 1 is 1.12 bits per heavy atom. The molecule has 8 heteroatoms. The van der Waals surface area contributed by atoms with Crippen LogP contribution in [0.4, 0.5) is 4.39 Å². The molecule has 40 heavy (non-hydrogen) atoms. The van der Waals surface area contributed by atoms with Gasteiger partial charge < -0.3 is 19.5 Å². The Morgan fingerprint density at radius 3 is 2.38 bits per heavy atom. The van der Waals surface area contributed by atoms with Gasteiger partial charge in [0.15, 0.2) is 0 Å². The number of nitrogens with zero attached hydrogens (tertiary/aromatic N) is 3. The van der Waals surface area contributed by atoms with Crippen LogP contribution in [0.25, 0.3) is 11.1 Å². The second kappa shape index (κ2) is 11.5. The van der Waals surface area contributed by atoms with Crippen molar-refractivity contribution in [3.63, 3.8) is 0 Å². The summed E-state index contributed by atoms with van der Waals surface area (Å²) in [5.41, 5.74) is -2.47. The normalized spacial score (nSPS) is 22.1. The summed E-state index contributed by atoms with van der Waals surface area (Å²) in [6.07, 6.45) is 7.11. The monoisotopic (exact) mass is 553 g/mol. The van der Waals surface area contributed by atoms with Crippen LogP contribution in [0.3, 0.4) is 0 Å². The maximum absolute atomic E-state index is 15.0. The number of hydrogen-bond donors (Lipinski definition) is 1. The largest absolute Gasteiger partial charge is 0.383 e. The van der Waals surface area contributed by atoms with Crippen molar-refractivity contribution >= 4 is 11.8 Å². The number of aromatic nitrogens is 1. The van der Waals surface area contributed by atoms with E-state index in [1.165, 1.54) is 66.8 Å². The third-order valence-corrected chi connectivity index (χ3v) is 9.21. The minimum absolute atomic E-state index is 0.0827. The first-order valence-electron chi connectivity index (χ1n) is 14.5. The molecule has 0 unspecified atom stereocenters. The van der Waals surface area contributed by atoms with Crippen molar-refractivity contribution in [3.05, 3.63) is 57.8 Å². The first-order valence-corrected chi connectivity index (χ1v) is 14.5.